The molecule has 3 N–H and O–H groups in total. The van der Waals surface area contributed by atoms with Crippen molar-refractivity contribution in [2.24, 2.45) is 0 Å². The molecule has 0 atom stereocenters. The fraction of sp³-hybridized carbons (Fsp3) is 0. The number of carbonyl (C=O) groups excluding carboxylic acids is 1. The van der Waals surface area contributed by atoms with E-state index in [1.54, 1.807) is 48.7 Å². The van der Waals surface area contributed by atoms with E-state index in [1.165, 1.54) is 12.1 Å². The van der Waals surface area contributed by atoms with E-state index in [2.05, 4.69) is 10.3 Å². The van der Waals surface area contributed by atoms with Crippen LogP contribution in [-0.4, -0.2) is 10.9 Å². The minimum atomic E-state index is -0.666. The fourth-order valence-electron chi connectivity index (χ4n) is 2.25. The molecule has 0 radical (unpaired) electrons. The Labute approximate surface area is 143 Å². The SMILES string of the molecule is Nc1ccccc1NC(=O)c1ccc(-c2ncccc2Cl)cc1F. The Morgan fingerprint density at radius 2 is 1.92 bits per heavy atom. The lowest BCUT2D eigenvalue weighted by molar-refractivity contribution is 0.102. The number of rotatable bonds is 3. The second-order valence-electron chi connectivity index (χ2n) is 5.07. The van der Waals surface area contributed by atoms with E-state index < -0.39 is 11.7 Å². The van der Waals surface area contributed by atoms with Gasteiger partial charge >= 0.3 is 0 Å². The molecule has 0 unspecified atom stereocenters. The van der Waals surface area contributed by atoms with Crippen molar-refractivity contribution in [1.82, 2.24) is 4.98 Å². The average Bonchev–Trinajstić information content (AvgIpc) is 2.57. The second-order valence-corrected chi connectivity index (χ2v) is 5.48. The van der Waals surface area contributed by atoms with E-state index >= 15 is 0 Å². The number of halogens is 2. The number of para-hydroxylation sites is 2. The summed E-state index contributed by atoms with van der Waals surface area (Å²) >= 11 is 6.06. The van der Waals surface area contributed by atoms with Crippen molar-refractivity contribution in [3.05, 3.63) is 77.2 Å². The van der Waals surface area contributed by atoms with Crippen LogP contribution < -0.4 is 11.1 Å². The number of hydrogen-bond acceptors (Lipinski definition) is 3. The normalized spacial score (nSPS) is 10.4. The van der Waals surface area contributed by atoms with Crippen molar-refractivity contribution in [2.75, 3.05) is 11.1 Å². The van der Waals surface area contributed by atoms with E-state index in [0.29, 0.717) is 27.7 Å². The first-order valence-electron chi connectivity index (χ1n) is 7.12. The molecule has 0 aliphatic heterocycles. The summed E-state index contributed by atoms with van der Waals surface area (Å²) in [4.78, 5) is 16.4. The molecule has 4 nitrogen and oxygen atoms in total. The number of nitrogens with two attached hydrogens (primary N) is 1. The Hall–Kier alpha value is -2.92. The van der Waals surface area contributed by atoms with Gasteiger partial charge in [0.1, 0.15) is 5.82 Å². The highest BCUT2D eigenvalue weighted by Gasteiger charge is 2.15. The number of aromatic nitrogens is 1. The third-order valence-electron chi connectivity index (χ3n) is 3.45. The molecular formula is C18H13ClFN3O. The summed E-state index contributed by atoms with van der Waals surface area (Å²) in [5.41, 5.74) is 7.47. The van der Waals surface area contributed by atoms with E-state index in [-0.39, 0.29) is 5.56 Å². The zero-order valence-electron chi connectivity index (χ0n) is 12.5. The maximum absolute atomic E-state index is 14.4. The van der Waals surface area contributed by atoms with E-state index in [4.69, 9.17) is 17.3 Å². The Morgan fingerprint density at radius 1 is 1.12 bits per heavy atom. The average molecular weight is 342 g/mol. The molecule has 6 heteroatoms. The molecule has 0 saturated carbocycles. The molecule has 0 aliphatic carbocycles. The van der Waals surface area contributed by atoms with Crippen molar-refractivity contribution < 1.29 is 9.18 Å². The van der Waals surface area contributed by atoms with Crippen LogP contribution in [0.4, 0.5) is 15.8 Å². The molecule has 0 saturated heterocycles. The summed E-state index contributed by atoms with van der Waals surface area (Å²) in [6.45, 7) is 0. The third-order valence-corrected chi connectivity index (χ3v) is 3.76. The van der Waals surface area contributed by atoms with Gasteiger partial charge in [0, 0.05) is 11.8 Å². The minimum Gasteiger partial charge on any atom is -0.397 e. The number of pyridine rings is 1. The number of amides is 1. The molecule has 3 aromatic rings. The van der Waals surface area contributed by atoms with Gasteiger partial charge in [-0.2, -0.15) is 0 Å². The van der Waals surface area contributed by atoms with Gasteiger partial charge in [-0.15, -0.1) is 0 Å². The van der Waals surface area contributed by atoms with Gasteiger partial charge < -0.3 is 11.1 Å². The molecule has 1 aromatic heterocycles. The Balaban J connectivity index is 1.89. The van der Waals surface area contributed by atoms with Gasteiger partial charge in [-0.1, -0.05) is 29.8 Å². The lowest BCUT2D eigenvalue weighted by atomic mass is 10.1. The Kier molecular flexibility index (Phi) is 4.44. The molecular weight excluding hydrogens is 329 g/mol. The third kappa shape index (κ3) is 3.21. The van der Waals surface area contributed by atoms with Gasteiger partial charge in [0.2, 0.25) is 0 Å². The highest BCUT2D eigenvalue weighted by molar-refractivity contribution is 6.33. The van der Waals surface area contributed by atoms with Crippen LogP contribution in [-0.2, 0) is 0 Å². The van der Waals surface area contributed by atoms with Crippen LogP contribution in [0.2, 0.25) is 5.02 Å². The molecule has 120 valence electrons. The number of anilines is 2. The summed E-state index contributed by atoms with van der Waals surface area (Å²) in [5, 5.41) is 3.00. The van der Waals surface area contributed by atoms with Gasteiger partial charge in [0.25, 0.3) is 5.91 Å². The molecule has 0 bridgehead atoms. The lowest BCUT2D eigenvalue weighted by Crippen LogP contribution is -2.14. The zero-order valence-corrected chi connectivity index (χ0v) is 13.2. The molecule has 24 heavy (non-hydrogen) atoms. The van der Waals surface area contributed by atoms with Crippen LogP contribution in [0.1, 0.15) is 10.4 Å². The lowest BCUT2D eigenvalue weighted by Gasteiger charge is -2.10. The van der Waals surface area contributed by atoms with Gasteiger partial charge in [0.15, 0.2) is 0 Å². The number of nitrogens with one attached hydrogen (secondary N) is 1. The number of carbonyl (C=O) groups is 1. The van der Waals surface area contributed by atoms with Crippen LogP contribution in [0.5, 0.6) is 0 Å². The molecule has 1 heterocycles. The monoisotopic (exact) mass is 341 g/mol. The number of hydrogen-bond donors (Lipinski definition) is 2. The fourth-order valence-corrected chi connectivity index (χ4v) is 2.48. The molecule has 0 aliphatic rings. The van der Waals surface area contributed by atoms with Crippen LogP contribution in [0.3, 0.4) is 0 Å². The molecule has 1 amide bonds. The summed E-state index contributed by atoms with van der Waals surface area (Å²) in [6, 6.07) is 14.4. The minimum absolute atomic E-state index is 0.0888. The van der Waals surface area contributed by atoms with Gasteiger partial charge in [-0.25, -0.2) is 4.39 Å². The maximum Gasteiger partial charge on any atom is 0.258 e. The van der Waals surface area contributed by atoms with Gasteiger partial charge in [-0.05, 0) is 36.4 Å². The first-order valence-corrected chi connectivity index (χ1v) is 7.50. The van der Waals surface area contributed by atoms with Crippen molar-refractivity contribution >= 4 is 28.9 Å². The van der Waals surface area contributed by atoms with Crippen molar-refractivity contribution in [1.29, 1.82) is 0 Å². The first kappa shape index (κ1) is 16.0. The largest absolute Gasteiger partial charge is 0.397 e. The number of benzene rings is 2. The smallest absolute Gasteiger partial charge is 0.258 e. The van der Waals surface area contributed by atoms with E-state index in [9.17, 15) is 9.18 Å². The molecule has 2 aromatic carbocycles. The highest BCUT2D eigenvalue weighted by Crippen LogP contribution is 2.27. The predicted octanol–water partition coefficient (Wildman–Crippen LogP) is 4.38. The first-order chi connectivity index (χ1) is 11.6. The van der Waals surface area contributed by atoms with E-state index in [0.717, 1.165) is 0 Å². The topological polar surface area (TPSA) is 68.0 Å². The second kappa shape index (κ2) is 6.68. The Morgan fingerprint density at radius 3 is 2.62 bits per heavy atom. The number of nitrogen functional groups attached to an aromatic ring is 1. The van der Waals surface area contributed by atoms with Crippen LogP contribution in [0, 0.1) is 5.82 Å². The van der Waals surface area contributed by atoms with Crippen LogP contribution >= 0.6 is 11.6 Å². The molecule has 3 rings (SSSR count). The zero-order chi connectivity index (χ0) is 17.1. The molecule has 0 spiro atoms. The van der Waals surface area contributed by atoms with Crippen molar-refractivity contribution in [3.8, 4) is 11.3 Å². The highest BCUT2D eigenvalue weighted by atomic mass is 35.5. The summed E-state index contributed by atoms with van der Waals surface area (Å²) < 4.78 is 14.4. The summed E-state index contributed by atoms with van der Waals surface area (Å²) in [7, 11) is 0. The van der Waals surface area contributed by atoms with Crippen molar-refractivity contribution in [2.45, 2.75) is 0 Å². The van der Waals surface area contributed by atoms with Crippen LogP contribution in [0.15, 0.2) is 60.8 Å². The Bertz CT molecular complexity index is 914. The quantitative estimate of drug-likeness (QED) is 0.695. The maximum atomic E-state index is 14.4. The number of nitrogens with zero attached hydrogens (tertiary/aromatic N) is 1. The molecule has 0 fully saturated rings. The van der Waals surface area contributed by atoms with Gasteiger partial charge in [-0.3, -0.25) is 9.78 Å². The van der Waals surface area contributed by atoms with E-state index in [1.807, 2.05) is 0 Å². The summed E-state index contributed by atoms with van der Waals surface area (Å²) in [5.74, 6) is -1.25. The summed E-state index contributed by atoms with van der Waals surface area (Å²) in [6.07, 6.45) is 1.57. The van der Waals surface area contributed by atoms with Gasteiger partial charge in [0.05, 0.1) is 27.7 Å². The van der Waals surface area contributed by atoms with Crippen molar-refractivity contribution in [3.63, 3.8) is 0 Å². The standard InChI is InChI=1S/C18H13ClFN3O/c19-13-4-3-9-22-17(13)11-7-8-12(14(20)10-11)18(24)23-16-6-2-1-5-15(16)21/h1-10H,21H2,(H,23,24). The van der Waals surface area contributed by atoms with Crippen LogP contribution in [0.25, 0.3) is 11.3 Å². The predicted molar refractivity (Wildman–Crippen MR) is 93.4 cm³/mol.